The molecule has 2 rings (SSSR count). The van der Waals surface area contributed by atoms with Crippen LogP contribution in [0, 0.1) is 3.57 Å². The summed E-state index contributed by atoms with van der Waals surface area (Å²) in [4.78, 5) is 0. The van der Waals surface area contributed by atoms with E-state index in [1.807, 2.05) is 24.3 Å². The lowest BCUT2D eigenvalue weighted by Gasteiger charge is -2.13. The minimum atomic E-state index is -0.254. The molecule has 1 unspecified atom stereocenters. The average molecular weight is 463 g/mol. The number of nitrogens with two attached hydrogens (primary N) is 1. The van der Waals surface area contributed by atoms with Crippen molar-refractivity contribution in [3.05, 3.63) is 52.1 Å². The molecule has 0 fully saturated rings. The highest BCUT2D eigenvalue weighted by molar-refractivity contribution is 14.1. The topological polar surface area (TPSA) is 26.0 Å². The van der Waals surface area contributed by atoms with Crippen LogP contribution in [0.4, 0.5) is 0 Å². The molecular formula is C11H7BrCl2INS. The van der Waals surface area contributed by atoms with E-state index < -0.39 is 0 Å². The van der Waals surface area contributed by atoms with Gasteiger partial charge in [-0.25, -0.2) is 0 Å². The first-order chi connectivity index (χ1) is 7.99. The monoisotopic (exact) mass is 461 g/mol. The average Bonchev–Trinajstić information content (AvgIpc) is 2.60. The van der Waals surface area contributed by atoms with Gasteiger partial charge in [0.15, 0.2) is 0 Å². The van der Waals surface area contributed by atoms with E-state index in [0.717, 1.165) is 19.2 Å². The first-order valence-electron chi connectivity index (χ1n) is 4.64. The minimum absolute atomic E-state index is 0.254. The fraction of sp³-hybridized carbons (Fsp3) is 0.0909. The highest BCUT2D eigenvalue weighted by Gasteiger charge is 2.18. The quantitative estimate of drug-likeness (QED) is 0.588. The lowest BCUT2D eigenvalue weighted by molar-refractivity contribution is 0.869. The summed E-state index contributed by atoms with van der Waals surface area (Å²) in [5.41, 5.74) is 8.15. The highest BCUT2D eigenvalue weighted by Crippen LogP contribution is 2.37. The molecular weight excluding hydrogens is 456 g/mol. The molecule has 2 aromatic rings. The van der Waals surface area contributed by atoms with Crippen LogP contribution in [0.3, 0.4) is 0 Å². The molecule has 1 nitrogen and oxygen atoms in total. The van der Waals surface area contributed by atoms with Crippen molar-refractivity contribution in [3.63, 3.8) is 0 Å². The van der Waals surface area contributed by atoms with Crippen molar-refractivity contribution >= 4 is 73.1 Å². The summed E-state index contributed by atoms with van der Waals surface area (Å²) in [7, 11) is 0. The summed E-state index contributed by atoms with van der Waals surface area (Å²) >= 11 is 19.1. The van der Waals surface area contributed by atoms with Crippen LogP contribution >= 0.6 is 73.1 Å². The van der Waals surface area contributed by atoms with Crippen LogP contribution in [-0.4, -0.2) is 0 Å². The molecule has 0 bridgehead atoms. The van der Waals surface area contributed by atoms with E-state index >= 15 is 0 Å². The maximum atomic E-state index is 6.24. The van der Waals surface area contributed by atoms with Gasteiger partial charge in [-0.15, -0.1) is 11.3 Å². The molecule has 1 atom stereocenters. The van der Waals surface area contributed by atoms with Gasteiger partial charge in [-0.1, -0.05) is 39.1 Å². The van der Waals surface area contributed by atoms with Crippen molar-refractivity contribution in [2.45, 2.75) is 6.04 Å². The Hall–Kier alpha value is 0.670. The van der Waals surface area contributed by atoms with E-state index in [9.17, 15) is 0 Å². The first-order valence-corrected chi connectivity index (χ1v) is 8.08. The molecule has 0 spiro atoms. The van der Waals surface area contributed by atoms with Gasteiger partial charge in [0.1, 0.15) is 0 Å². The zero-order valence-corrected chi connectivity index (χ0v) is 14.5. The van der Waals surface area contributed by atoms with Gasteiger partial charge < -0.3 is 5.73 Å². The molecule has 0 aliphatic carbocycles. The van der Waals surface area contributed by atoms with Crippen molar-refractivity contribution in [3.8, 4) is 0 Å². The number of thiophene rings is 1. The smallest absolute Gasteiger partial charge is 0.0995 e. The van der Waals surface area contributed by atoms with Gasteiger partial charge in [0, 0.05) is 13.6 Å². The largest absolute Gasteiger partial charge is 0.320 e. The zero-order valence-electron chi connectivity index (χ0n) is 8.38. The number of benzene rings is 1. The van der Waals surface area contributed by atoms with E-state index in [0.29, 0.717) is 8.67 Å². The van der Waals surface area contributed by atoms with Gasteiger partial charge in [0.2, 0.25) is 0 Å². The Morgan fingerprint density at radius 3 is 2.53 bits per heavy atom. The molecule has 0 saturated carbocycles. The zero-order chi connectivity index (χ0) is 12.6. The Morgan fingerprint density at radius 2 is 1.94 bits per heavy atom. The lowest BCUT2D eigenvalue weighted by Crippen LogP contribution is -2.12. The van der Waals surface area contributed by atoms with Gasteiger partial charge in [-0.05, 0) is 52.4 Å². The Morgan fingerprint density at radius 1 is 1.24 bits per heavy atom. The molecule has 6 heteroatoms. The van der Waals surface area contributed by atoms with Crippen molar-refractivity contribution in [2.24, 2.45) is 5.73 Å². The third-order valence-electron chi connectivity index (χ3n) is 2.31. The maximum absolute atomic E-state index is 6.24. The summed E-state index contributed by atoms with van der Waals surface area (Å²) in [5.74, 6) is 0. The molecule has 0 saturated heterocycles. The summed E-state index contributed by atoms with van der Waals surface area (Å²) in [6.07, 6.45) is 0. The first kappa shape index (κ1) is 14.1. The highest BCUT2D eigenvalue weighted by atomic mass is 127. The molecule has 1 aromatic carbocycles. The van der Waals surface area contributed by atoms with Crippen LogP contribution in [0.1, 0.15) is 17.2 Å². The summed E-state index contributed by atoms with van der Waals surface area (Å²) in [6.45, 7) is 0. The molecule has 1 heterocycles. The predicted octanol–water partition coefficient (Wildman–Crippen LogP) is 5.47. The van der Waals surface area contributed by atoms with Gasteiger partial charge in [-0.3, -0.25) is 0 Å². The SMILES string of the molecule is NC(c1cc(Br)ccc1I)c1cc(Cl)sc1Cl. The molecule has 2 N–H and O–H groups in total. The van der Waals surface area contributed by atoms with E-state index in [2.05, 4.69) is 38.5 Å². The second-order valence-electron chi connectivity index (χ2n) is 3.42. The van der Waals surface area contributed by atoms with Crippen LogP contribution in [-0.2, 0) is 0 Å². The Bertz CT molecular complexity index is 558. The molecule has 0 aliphatic heterocycles. The fourth-order valence-electron chi connectivity index (χ4n) is 1.49. The predicted molar refractivity (Wildman–Crippen MR) is 87.2 cm³/mol. The molecule has 0 amide bonds. The van der Waals surface area contributed by atoms with Crippen LogP contribution < -0.4 is 5.73 Å². The third-order valence-corrected chi connectivity index (χ3v) is 5.30. The molecule has 90 valence electrons. The summed E-state index contributed by atoms with van der Waals surface area (Å²) in [6, 6.07) is 7.59. The lowest BCUT2D eigenvalue weighted by atomic mass is 10.0. The van der Waals surface area contributed by atoms with Crippen LogP contribution in [0.15, 0.2) is 28.7 Å². The Kier molecular flexibility index (Phi) is 4.77. The number of rotatable bonds is 2. The molecule has 0 radical (unpaired) electrons. The standard InChI is InChI=1S/C11H7BrCl2INS/c12-5-1-2-8(15)6(3-5)10(16)7-4-9(13)17-11(7)14/h1-4,10H,16H2. The van der Waals surface area contributed by atoms with E-state index in [1.165, 1.54) is 11.3 Å². The second kappa shape index (κ2) is 5.75. The Labute approximate surface area is 136 Å². The van der Waals surface area contributed by atoms with Crippen LogP contribution in [0.5, 0.6) is 0 Å². The van der Waals surface area contributed by atoms with Crippen molar-refractivity contribution < 1.29 is 0 Å². The van der Waals surface area contributed by atoms with E-state index in [4.69, 9.17) is 28.9 Å². The van der Waals surface area contributed by atoms with E-state index in [-0.39, 0.29) is 6.04 Å². The number of halogens is 4. The summed E-state index contributed by atoms with van der Waals surface area (Å²) in [5, 5.41) is 0. The molecule has 17 heavy (non-hydrogen) atoms. The van der Waals surface area contributed by atoms with Gasteiger partial charge in [0.25, 0.3) is 0 Å². The number of hydrogen-bond acceptors (Lipinski definition) is 2. The fourth-order valence-corrected chi connectivity index (χ4v) is 4.09. The van der Waals surface area contributed by atoms with Crippen LogP contribution in [0.2, 0.25) is 8.67 Å². The van der Waals surface area contributed by atoms with Crippen molar-refractivity contribution in [2.75, 3.05) is 0 Å². The molecule has 0 aliphatic rings. The Balaban J connectivity index is 2.46. The third kappa shape index (κ3) is 3.16. The minimum Gasteiger partial charge on any atom is -0.320 e. The summed E-state index contributed by atoms with van der Waals surface area (Å²) < 4.78 is 3.42. The van der Waals surface area contributed by atoms with Gasteiger partial charge in [-0.2, -0.15) is 0 Å². The number of hydrogen-bond donors (Lipinski definition) is 1. The van der Waals surface area contributed by atoms with Gasteiger partial charge >= 0.3 is 0 Å². The normalized spacial score (nSPS) is 12.8. The van der Waals surface area contributed by atoms with Gasteiger partial charge in [0.05, 0.1) is 14.7 Å². The molecule has 1 aromatic heterocycles. The van der Waals surface area contributed by atoms with Crippen molar-refractivity contribution in [1.82, 2.24) is 0 Å². The van der Waals surface area contributed by atoms with Crippen molar-refractivity contribution in [1.29, 1.82) is 0 Å². The maximum Gasteiger partial charge on any atom is 0.0995 e. The second-order valence-corrected chi connectivity index (χ2v) is 7.79. The van der Waals surface area contributed by atoms with E-state index in [1.54, 1.807) is 0 Å². The van der Waals surface area contributed by atoms with Crippen LogP contribution in [0.25, 0.3) is 0 Å².